The molecule has 0 aromatic heterocycles. The van der Waals surface area contributed by atoms with Gasteiger partial charge in [-0.05, 0) is 93.2 Å². The molecule has 0 atom stereocenters. The maximum atomic E-state index is 6.75. The minimum atomic E-state index is -0.235. The highest BCUT2D eigenvalue weighted by Crippen LogP contribution is 2.55. The highest BCUT2D eigenvalue weighted by atomic mass is 32.2. The molecule has 0 amide bonds. The first kappa shape index (κ1) is 25.0. The van der Waals surface area contributed by atoms with Crippen molar-refractivity contribution in [2.75, 3.05) is 18.0 Å². The molecule has 3 aromatic rings. The van der Waals surface area contributed by atoms with Crippen molar-refractivity contribution in [3.05, 3.63) is 95.1 Å². The van der Waals surface area contributed by atoms with E-state index >= 15 is 0 Å². The third-order valence-electron chi connectivity index (χ3n) is 8.14. The number of nitrogens with two attached hydrogens (primary N) is 1. The summed E-state index contributed by atoms with van der Waals surface area (Å²) < 4.78 is 0. The van der Waals surface area contributed by atoms with E-state index in [-0.39, 0.29) is 5.41 Å². The Morgan fingerprint density at radius 3 is 2.47 bits per heavy atom. The summed E-state index contributed by atoms with van der Waals surface area (Å²) in [5.41, 5.74) is 20.7. The zero-order valence-electron chi connectivity index (χ0n) is 22.7. The molecular weight excluding hydrogens is 480 g/mol. The highest BCUT2D eigenvalue weighted by Gasteiger charge is 2.39. The number of thioether (sulfide) groups is 1. The predicted octanol–water partition coefficient (Wildman–Crippen LogP) is 9.36. The first-order chi connectivity index (χ1) is 18.5. The lowest BCUT2D eigenvalue weighted by molar-refractivity contribution is 0.637. The quantitative estimate of drug-likeness (QED) is 0.271. The fourth-order valence-electron chi connectivity index (χ4n) is 6.37. The van der Waals surface area contributed by atoms with Crippen molar-refractivity contribution in [2.24, 2.45) is 4.99 Å². The Bertz CT molecular complexity index is 1520. The number of dihydropyridines is 1. The summed E-state index contributed by atoms with van der Waals surface area (Å²) >= 11 is 1.91. The minimum Gasteiger partial charge on any atom is -0.398 e. The van der Waals surface area contributed by atoms with Gasteiger partial charge in [-0.15, -0.1) is 11.8 Å². The molecule has 0 spiro atoms. The van der Waals surface area contributed by atoms with E-state index in [0.717, 1.165) is 43.7 Å². The monoisotopic (exact) mass is 516 g/mol. The lowest BCUT2D eigenvalue weighted by Gasteiger charge is -2.32. The Morgan fingerprint density at radius 1 is 0.921 bits per heavy atom. The maximum absolute atomic E-state index is 6.75. The number of fused-ring (bicyclic) bond motifs is 4. The average molecular weight is 517 g/mol. The fourth-order valence-corrected chi connectivity index (χ4v) is 7.53. The summed E-state index contributed by atoms with van der Waals surface area (Å²) in [7, 11) is 0. The van der Waals surface area contributed by atoms with Crippen LogP contribution < -0.4 is 5.73 Å². The van der Waals surface area contributed by atoms with Crippen LogP contribution in [0.4, 0.5) is 5.69 Å². The van der Waals surface area contributed by atoms with Gasteiger partial charge in [0, 0.05) is 28.8 Å². The number of allylic oxidation sites excluding steroid dienone is 5. The Morgan fingerprint density at radius 2 is 1.71 bits per heavy atom. The van der Waals surface area contributed by atoms with E-state index < -0.39 is 0 Å². The molecule has 3 aromatic carbocycles. The van der Waals surface area contributed by atoms with E-state index in [0.29, 0.717) is 0 Å². The molecule has 0 saturated carbocycles. The largest absolute Gasteiger partial charge is 0.398 e. The van der Waals surface area contributed by atoms with Gasteiger partial charge in [-0.1, -0.05) is 87.5 Å². The Kier molecular flexibility index (Phi) is 6.65. The zero-order chi connectivity index (χ0) is 26.3. The molecule has 2 nitrogen and oxygen atoms in total. The Balaban J connectivity index is 1.80. The molecule has 1 heterocycles. The molecule has 0 bridgehead atoms. The molecule has 1 aliphatic heterocycles. The van der Waals surface area contributed by atoms with Crippen LogP contribution in [0.3, 0.4) is 0 Å². The first-order valence-electron chi connectivity index (χ1n) is 13.9. The number of aliphatic imine (C=N–C) groups is 1. The molecule has 6 rings (SSSR count). The van der Waals surface area contributed by atoms with Gasteiger partial charge in [0.2, 0.25) is 0 Å². The van der Waals surface area contributed by atoms with Gasteiger partial charge in [-0.25, -0.2) is 0 Å². The molecular formula is C35H36N2S. The summed E-state index contributed by atoms with van der Waals surface area (Å²) in [5.74, 6) is 1.05. The highest BCUT2D eigenvalue weighted by molar-refractivity contribution is 7.99. The van der Waals surface area contributed by atoms with Crippen LogP contribution in [0, 0.1) is 0 Å². The molecule has 38 heavy (non-hydrogen) atoms. The van der Waals surface area contributed by atoms with Gasteiger partial charge in [0.25, 0.3) is 0 Å². The predicted molar refractivity (Wildman–Crippen MR) is 167 cm³/mol. The standard InChI is InChI=1S/C35H36N2S/c1-4-21-38-34-30(36)18-17-28-32-26(24-13-9-6-10-14-24)16-15-25(23-11-7-5-8-12-23)31(32)27-19-20-37-22-29(27)35(2,3)33(28)34/h6-7,9-18,22H,4-5,8,19-21,36H2,1-3H3. The topological polar surface area (TPSA) is 38.4 Å². The number of nitrogen functional groups attached to an aromatic ring is 1. The number of benzene rings is 3. The molecule has 0 radical (unpaired) electrons. The second kappa shape index (κ2) is 10.1. The van der Waals surface area contributed by atoms with Crippen molar-refractivity contribution in [2.45, 2.75) is 56.8 Å². The van der Waals surface area contributed by atoms with Crippen LogP contribution in [-0.4, -0.2) is 18.5 Å². The lowest BCUT2D eigenvalue weighted by Crippen LogP contribution is -2.25. The van der Waals surface area contributed by atoms with Gasteiger partial charge in [0.15, 0.2) is 0 Å². The smallest absolute Gasteiger partial charge is 0.0455 e. The molecule has 3 heteroatoms. The molecule has 2 N–H and O–H groups in total. The van der Waals surface area contributed by atoms with E-state index in [9.17, 15) is 0 Å². The van der Waals surface area contributed by atoms with Gasteiger partial charge in [0.1, 0.15) is 0 Å². The van der Waals surface area contributed by atoms with Gasteiger partial charge in [0.05, 0.1) is 0 Å². The first-order valence-corrected chi connectivity index (χ1v) is 14.9. The van der Waals surface area contributed by atoms with E-state index in [4.69, 9.17) is 10.7 Å². The van der Waals surface area contributed by atoms with Crippen molar-refractivity contribution in [1.82, 2.24) is 0 Å². The maximum Gasteiger partial charge on any atom is 0.0455 e. The summed E-state index contributed by atoms with van der Waals surface area (Å²) in [5, 5.41) is 0. The van der Waals surface area contributed by atoms with Crippen LogP contribution in [0.1, 0.15) is 63.1 Å². The lowest BCUT2D eigenvalue weighted by atomic mass is 9.74. The third-order valence-corrected chi connectivity index (χ3v) is 9.48. The zero-order valence-corrected chi connectivity index (χ0v) is 23.5. The number of anilines is 1. The molecule has 2 aliphatic carbocycles. The average Bonchev–Trinajstić information content (AvgIpc) is 3.04. The van der Waals surface area contributed by atoms with Crippen LogP contribution in [-0.2, 0) is 5.41 Å². The molecule has 0 saturated heterocycles. The summed E-state index contributed by atoms with van der Waals surface area (Å²) in [4.78, 5) is 6.06. The number of hydrogen-bond acceptors (Lipinski definition) is 3. The number of hydrogen-bond donors (Lipinski definition) is 1. The van der Waals surface area contributed by atoms with Crippen LogP contribution in [0.25, 0.3) is 33.4 Å². The van der Waals surface area contributed by atoms with Crippen molar-refractivity contribution in [3.8, 4) is 22.3 Å². The van der Waals surface area contributed by atoms with Crippen molar-refractivity contribution in [1.29, 1.82) is 0 Å². The molecule has 0 unspecified atom stereocenters. The summed E-state index contributed by atoms with van der Waals surface area (Å²) in [6, 6.07) is 20.0. The second-order valence-corrected chi connectivity index (χ2v) is 12.1. The Hall–Kier alpha value is -3.30. The fraction of sp³-hybridized carbons (Fsp3) is 0.286. The van der Waals surface area contributed by atoms with Crippen molar-refractivity contribution in [3.63, 3.8) is 0 Å². The van der Waals surface area contributed by atoms with Crippen molar-refractivity contribution < 1.29 is 0 Å². The van der Waals surface area contributed by atoms with Gasteiger partial charge < -0.3 is 5.73 Å². The number of rotatable bonds is 5. The van der Waals surface area contributed by atoms with Crippen LogP contribution in [0.15, 0.2) is 88.3 Å². The van der Waals surface area contributed by atoms with Crippen molar-refractivity contribution >= 4 is 34.8 Å². The van der Waals surface area contributed by atoms with E-state index in [1.807, 2.05) is 11.8 Å². The van der Waals surface area contributed by atoms with Gasteiger partial charge in [-0.3, -0.25) is 4.99 Å². The SMILES string of the molecule is CCCSc1c(N)ccc2c1C(C)(C)C1=C(CCN=C1)c1c(C3=CCCC=C3)ccc(-c3ccccc3)c1-2. The van der Waals surface area contributed by atoms with E-state index in [2.05, 4.69) is 99.8 Å². The van der Waals surface area contributed by atoms with E-state index in [1.165, 1.54) is 60.6 Å². The second-order valence-electron chi connectivity index (χ2n) is 11.0. The van der Waals surface area contributed by atoms with Crippen LogP contribution >= 0.6 is 11.8 Å². The summed E-state index contributed by atoms with van der Waals surface area (Å²) in [6.07, 6.45) is 13.5. The van der Waals surface area contributed by atoms with E-state index in [1.54, 1.807) is 0 Å². The Labute approximate surface area is 231 Å². The minimum absolute atomic E-state index is 0.235. The van der Waals surface area contributed by atoms with Gasteiger partial charge >= 0.3 is 0 Å². The van der Waals surface area contributed by atoms with Crippen LogP contribution in [0.5, 0.6) is 0 Å². The third kappa shape index (κ3) is 4.08. The molecule has 192 valence electrons. The van der Waals surface area contributed by atoms with Gasteiger partial charge in [-0.2, -0.15) is 0 Å². The van der Waals surface area contributed by atoms with Crippen LogP contribution in [0.2, 0.25) is 0 Å². The normalized spacial score (nSPS) is 17.4. The number of nitrogens with zero attached hydrogens (tertiary/aromatic N) is 1. The molecule has 3 aliphatic rings. The molecule has 0 fully saturated rings. The summed E-state index contributed by atoms with van der Waals surface area (Å²) in [6.45, 7) is 7.82.